The molecule has 1 aromatic carbocycles. The molecule has 0 radical (unpaired) electrons. The molecule has 1 aliphatic heterocycles. The van der Waals surface area contributed by atoms with E-state index in [0.717, 1.165) is 0 Å². The number of aromatic nitrogens is 2. The van der Waals surface area contributed by atoms with Crippen molar-refractivity contribution in [3.05, 3.63) is 48.0 Å². The average Bonchev–Trinajstić information content (AvgIpc) is 2.88. The van der Waals surface area contributed by atoms with Crippen LogP contribution in [0, 0.1) is 5.82 Å². The van der Waals surface area contributed by atoms with Crippen molar-refractivity contribution in [2.45, 2.75) is 12.5 Å². The van der Waals surface area contributed by atoms with Crippen LogP contribution in [0.5, 0.6) is 0 Å². The Morgan fingerprint density at radius 3 is 2.75 bits per heavy atom. The molecule has 126 valence electrons. The summed E-state index contributed by atoms with van der Waals surface area (Å²) in [5, 5.41) is 5.34. The third kappa shape index (κ3) is 3.85. The second kappa shape index (κ2) is 6.52. The minimum absolute atomic E-state index is 0.0159. The monoisotopic (exact) mass is 350 g/mol. The van der Waals surface area contributed by atoms with E-state index in [9.17, 15) is 17.6 Å². The van der Waals surface area contributed by atoms with Crippen LogP contribution in [-0.4, -0.2) is 41.8 Å². The Kier molecular flexibility index (Phi) is 4.43. The molecule has 2 aromatic rings. The molecule has 0 bridgehead atoms. The van der Waals surface area contributed by atoms with Gasteiger partial charge in [-0.15, -0.1) is 0 Å². The number of rotatable bonds is 4. The van der Waals surface area contributed by atoms with Crippen molar-refractivity contribution in [3.8, 4) is 0 Å². The Morgan fingerprint density at radius 1 is 1.25 bits per heavy atom. The molecule has 1 unspecified atom stereocenters. The van der Waals surface area contributed by atoms with Crippen LogP contribution in [0.2, 0.25) is 0 Å². The zero-order valence-electron chi connectivity index (χ0n) is 12.6. The second-order valence-corrected chi connectivity index (χ2v) is 7.67. The summed E-state index contributed by atoms with van der Waals surface area (Å²) in [6.45, 7) is 0. The smallest absolute Gasteiger partial charge is 0.274 e. The normalized spacial score (nSPS) is 19.0. The van der Waals surface area contributed by atoms with Crippen LogP contribution < -0.4 is 10.6 Å². The first-order valence-electron chi connectivity index (χ1n) is 7.29. The number of benzene rings is 1. The lowest BCUT2D eigenvalue weighted by molar-refractivity contribution is 0.102. The van der Waals surface area contributed by atoms with Gasteiger partial charge in [0.05, 0.1) is 17.2 Å². The first kappa shape index (κ1) is 16.3. The lowest BCUT2D eigenvalue weighted by Gasteiger charge is -2.11. The summed E-state index contributed by atoms with van der Waals surface area (Å²) in [7, 11) is -3.03. The fourth-order valence-corrected chi connectivity index (χ4v) is 4.07. The summed E-state index contributed by atoms with van der Waals surface area (Å²) in [4.78, 5) is 20.2. The van der Waals surface area contributed by atoms with Crippen molar-refractivity contribution in [2.75, 3.05) is 22.1 Å². The van der Waals surface area contributed by atoms with Crippen LogP contribution in [0.1, 0.15) is 16.9 Å². The fraction of sp³-hybridized carbons (Fsp3) is 0.267. The third-order valence-corrected chi connectivity index (χ3v) is 5.34. The van der Waals surface area contributed by atoms with Gasteiger partial charge in [0.15, 0.2) is 9.84 Å². The molecule has 3 rings (SSSR count). The van der Waals surface area contributed by atoms with Crippen molar-refractivity contribution < 1.29 is 17.6 Å². The highest BCUT2D eigenvalue weighted by Crippen LogP contribution is 2.16. The van der Waals surface area contributed by atoms with Gasteiger partial charge in [-0.3, -0.25) is 4.79 Å². The van der Waals surface area contributed by atoms with E-state index in [1.165, 1.54) is 30.5 Å². The molecule has 0 aliphatic carbocycles. The number of hydrogen-bond acceptors (Lipinski definition) is 6. The molecule has 9 heteroatoms. The third-order valence-electron chi connectivity index (χ3n) is 3.58. The number of nitrogens with zero attached hydrogens (tertiary/aromatic N) is 2. The number of halogens is 1. The maximum Gasteiger partial charge on any atom is 0.274 e. The predicted molar refractivity (Wildman–Crippen MR) is 87.1 cm³/mol. The lowest BCUT2D eigenvalue weighted by atomic mass is 10.2. The van der Waals surface area contributed by atoms with Crippen LogP contribution in [0.15, 0.2) is 36.5 Å². The molecule has 1 atom stereocenters. The molecule has 0 saturated carbocycles. The van der Waals surface area contributed by atoms with Crippen molar-refractivity contribution in [2.24, 2.45) is 0 Å². The Balaban J connectivity index is 1.71. The summed E-state index contributed by atoms with van der Waals surface area (Å²) < 4.78 is 36.5. The lowest BCUT2D eigenvalue weighted by Crippen LogP contribution is -2.23. The van der Waals surface area contributed by atoms with Gasteiger partial charge in [-0.2, -0.15) is 0 Å². The Labute approximate surface area is 138 Å². The number of sulfone groups is 1. The minimum atomic E-state index is -3.03. The quantitative estimate of drug-likeness (QED) is 0.866. The van der Waals surface area contributed by atoms with Gasteiger partial charge in [-0.1, -0.05) is 12.1 Å². The Bertz CT molecular complexity index is 873. The van der Waals surface area contributed by atoms with Crippen LogP contribution in [-0.2, 0) is 9.84 Å². The van der Waals surface area contributed by atoms with E-state index in [4.69, 9.17) is 0 Å². The maximum absolute atomic E-state index is 13.6. The molecule has 1 aliphatic rings. The summed E-state index contributed by atoms with van der Waals surface area (Å²) >= 11 is 0. The summed E-state index contributed by atoms with van der Waals surface area (Å²) in [6, 6.07) is 6.92. The second-order valence-electron chi connectivity index (χ2n) is 5.44. The number of carbonyl (C=O) groups excluding carboxylic acids is 1. The van der Waals surface area contributed by atoms with Gasteiger partial charge in [-0.05, 0) is 24.6 Å². The highest BCUT2D eigenvalue weighted by molar-refractivity contribution is 7.91. The topological polar surface area (TPSA) is 101 Å². The molecular formula is C15H15FN4O3S. The van der Waals surface area contributed by atoms with Gasteiger partial charge < -0.3 is 10.6 Å². The fourth-order valence-electron chi connectivity index (χ4n) is 2.40. The van der Waals surface area contributed by atoms with Crippen molar-refractivity contribution in [1.82, 2.24) is 9.97 Å². The van der Waals surface area contributed by atoms with Crippen molar-refractivity contribution in [1.29, 1.82) is 0 Å². The predicted octanol–water partition coefficient (Wildman–Crippen LogP) is 1.47. The molecule has 1 aromatic heterocycles. The highest BCUT2D eigenvalue weighted by Gasteiger charge is 2.28. The van der Waals surface area contributed by atoms with Gasteiger partial charge >= 0.3 is 0 Å². The van der Waals surface area contributed by atoms with Gasteiger partial charge in [0.25, 0.3) is 5.91 Å². The van der Waals surface area contributed by atoms with Crippen LogP contribution in [0.4, 0.5) is 16.0 Å². The van der Waals surface area contributed by atoms with Gasteiger partial charge in [0.2, 0.25) is 5.95 Å². The van der Waals surface area contributed by atoms with E-state index >= 15 is 0 Å². The number of carbonyl (C=O) groups is 1. The SMILES string of the molecule is O=C(Nc1ccccc1F)c1ccnc(NC2CCS(=O)(=O)C2)n1. The molecule has 1 fully saturated rings. The zero-order chi connectivity index (χ0) is 17.2. The highest BCUT2D eigenvalue weighted by atomic mass is 32.2. The van der Waals surface area contributed by atoms with E-state index in [2.05, 4.69) is 20.6 Å². The molecule has 2 N–H and O–H groups in total. The molecule has 0 spiro atoms. The Morgan fingerprint density at radius 2 is 2.04 bits per heavy atom. The molecule has 2 heterocycles. The van der Waals surface area contributed by atoms with Crippen molar-refractivity contribution in [3.63, 3.8) is 0 Å². The number of amides is 1. The number of nitrogens with one attached hydrogen (secondary N) is 2. The molecule has 1 saturated heterocycles. The molecule has 1 amide bonds. The van der Waals surface area contributed by atoms with Crippen LogP contribution >= 0.6 is 0 Å². The summed E-state index contributed by atoms with van der Waals surface area (Å²) in [5.74, 6) is -0.822. The van der Waals surface area contributed by atoms with Crippen LogP contribution in [0.25, 0.3) is 0 Å². The number of para-hydroxylation sites is 1. The molecular weight excluding hydrogens is 335 g/mol. The van der Waals surface area contributed by atoms with Crippen LogP contribution in [0.3, 0.4) is 0 Å². The molecule has 7 nitrogen and oxygen atoms in total. The summed E-state index contributed by atoms with van der Waals surface area (Å²) in [5.41, 5.74) is 0.106. The van der Waals surface area contributed by atoms with E-state index in [1.54, 1.807) is 6.07 Å². The van der Waals surface area contributed by atoms with E-state index in [-0.39, 0.29) is 34.9 Å². The first-order chi connectivity index (χ1) is 11.4. The van der Waals surface area contributed by atoms with Gasteiger partial charge in [0, 0.05) is 12.2 Å². The summed E-state index contributed by atoms with van der Waals surface area (Å²) in [6.07, 6.45) is 1.85. The first-order valence-corrected chi connectivity index (χ1v) is 9.11. The number of hydrogen-bond donors (Lipinski definition) is 2. The average molecular weight is 350 g/mol. The number of anilines is 2. The van der Waals surface area contributed by atoms with E-state index in [1.807, 2.05) is 0 Å². The van der Waals surface area contributed by atoms with E-state index < -0.39 is 21.6 Å². The van der Waals surface area contributed by atoms with Gasteiger partial charge in [-0.25, -0.2) is 22.8 Å². The minimum Gasteiger partial charge on any atom is -0.350 e. The molecule has 24 heavy (non-hydrogen) atoms. The Hall–Kier alpha value is -2.55. The van der Waals surface area contributed by atoms with Crippen molar-refractivity contribution >= 4 is 27.4 Å². The largest absolute Gasteiger partial charge is 0.350 e. The maximum atomic E-state index is 13.6. The van der Waals surface area contributed by atoms with Gasteiger partial charge in [0.1, 0.15) is 11.5 Å². The zero-order valence-corrected chi connectivity index (χ0v) is 13.4. The van der Waals surface area contributed by atoms with E-state index in [0.29, 0.717) is 6.42 Å². The standard InChI is InChI=1S/C15H15FN4O3S/c16-11-3-1-2-4-12(11)19-14(21)13-5-7-17-15(20-13)18-10-6-8-24(22,23)9-10/h1-5,7,10H,6,8-9H2,(H,19,21)(H,17,18,20).